The Morgan fingerprint density at radius 2 is 1.50 bits per heavy atom. The summed E-state index contributed by atoms with van der Waals surface area (Å²) in [4.78, 5) is 24.6. The van der Waals surface area contributed by atoms with Gasteiger partial charge in [0.15, 0.2) is 0 Å². The van der Waals surface area contributed by atoms with E-state index in [2.05, 4.69) is 17.8 Å². The highest BCUT2D eigenvalue weighted by molar-refractivity contribution is 6.00. The quantitative estimate of drug-likeness (QED) is 0.477. The van der Waals surface area contributed by atoms with Crippen LogP contribution in [0.2, 0.25) is 0 Å². The molecule has 0 bridgehead atoms. The summed E-state index contributed by atoms with van der Waals surface area (Å²) in [6.07, 6.45) is 4.12. The fourth-order valence-corrected chi connectivity index (χ4v) is 2.49. The summed E-state index contributed by atoms with van der Waals surface area (Å²) in [6, 6.07) is 13.7. The SMILES string of the molecule is CCCCCOc1ccc(C(=O)NNC(=O)c2ccccc2OCCC)cc1. The molecule has 0 radical (unpaired) electrons. The number of para-hydroxylation sites is 1. The number of ether oxygens (including phenoxy) is 2. The van der Waals surface area contributed by atoms with E-state index in [1.165, 1.54) is 0 Å². The molecule has 0 aliphatic heterocycles. The second kappa shape index (κ2) is 11.6. The lowest BCUT2D eigenvalue weighted by atomic mass is 10.2. The van der Waals surface area contributed by atoms with Crippen LogP contribution in [0, 0.1) is 0 Å². The lowest BCUT2D eigenvalue weighted by Gasteiger charge is -2.12. The molecule has 2 rings (SSSR count). The molecular weight excluding hydrogens is 356 g/mol. The number of nitrogens with one attached hydrogen (secondary N) is 2. The number of benzene rings is 2. The smallest absolute Gasteiger partial charge is 0.273 e. The number of hydrogen-bond donors (Lipinski definition) is 2. The number of amides is 2. The molecule has 2 amide bonds. The van der Waals surface area contributed by atoms with Crippen molar-refractivity contribution in [1.29, 1.82) is 0 Å². The topological polar surface area (TPSA) is 76.7 Å². The van der Waals surface area contributed by atoms with E-state index >= 15 is 0 Å². The lowest BCUT2D eigenvalue weighted by Crippen LogP contribution is -2.41. The van der Waals surface area contributed by atoms with E-state index in [-0.39, 0.29) is 0 Å². The third-order valence-corrected chi connectivity index (χ3v) is 4.02. The van der Waals surface area contributed by atoms with Gasteiger partial charge in [-0.3, -0.25) is 20.4 Å². The maximum Gasteiger partial charge on any atom is 0.273 e. The standard InChI is InChI=1S/C22H28N2O4/c1-3-5-8-16-27-18-13-11-17(12-14-18)21(25)23-24-22(26)19-9-6-7-10-20(19)28-15-4-2/h6-7,9-14H,3-5,8,15-16H2,1-2H3,(H,23,25)(H,24,26). The van der Waals surface area contributed by atoms with Gasteiger partial charge in [-0.05, 0) is 49.2 Å². The minimum Gasteiger partial charge on any atom is -0.494 e. The zero-order valence-corrected chi connectivity index (χ0v) is 16.5. The molecule has 2 N–H and O–H groups in total. The zero-order valence-electron chi connectivity index (χ0n) is 16.5. The molecule has 28 heavy (non-hydrogen) atoms. The molecule has 0 unspecified atom stereocenters. The summed E-state index contributed by atoms with van der Waals surface area (Å²) < 4.78 is 11.2. The van der Waals surface area contributed by atoms with Crippen molar-refractivity contribution in [3.63, 3.8) is 0 Å². The number of carbonyl (C=O) groups is 2. The molecule has 0 aromatic heterocycles. The van der Waals surface area contributed by atoms with Gasteiger partial charge >= 0.3 is 0 Å². The van der Waals surface area contributed by atoms with Crippen LogP contribution >= 0.6 is 0 Å². The summed E-state index contributed by atoms with van der Waals surface area (Å²) >= 11 is 0. The highest BCUT2D eigenvalue weighted by atomic mass is 16.5. The molecule has 2 aromatic rings. The van der Waals surface area contributed by atoms with Crippen LogP contribution in [0.15, 0.2) is 48.5 Å². The van der Waals surface area contributed by atoms with Crippen LogP contribution in [-0.2, 0) is 0 Å². The van der Waals surface area contributed by atoms with Crippen LogP contribution in [0.4, 0.5) is 0 Å². The fraction of sp³-hybridized carbons (Fsp3) is 0.364. The van der Waals surface area contributed by atoms with Crippen molar-refractivity contribution >= 4 is 11.8 Å². The van der Waals surface area contributed by atoms with E-state index in [1.807, 2.05) is 6.92 Å². The maximum atomic E-state index is 12.4. The normalized spacial score (nSPS) is 10.2. The zero-order chi connectivity index (χ0) is 20.2. The molecule has 2 aromatic carbocycles. The van der Waals surface area contributed by atoms with Crippen molar-refractivity contribution < 1.29 is 19.1 Å². The Bertz CT molecular complexity index is 759. The minimum atomic E-state index is -0.434. The van der Waals surface area contributed by atoms with Crippen LogP contribution in [0.5, 0.6) is 11.5 Å². The molecule has 0 atom stereocenters. The van der Waals surface area contributed by atoms with Gasteiger partial charge in [0.1, 0.15) is 11.5 Å². The van der Waals surface area contributed by atoms with E-state index < -0.39 is 11.8 Å². The van der Waals surface area contributed by atoms with Crippen LogP contribution in [0.1, 0.15) is 60.2 Å². The Kier molecular flexibility index (Phi) is 8.85. The van der Waals surface area contributed by atoms with Crippen molar-refractivity contribution in [2.24, 2.45) is 0 Å². The Morgan fingerprint density at radius 3 is 2.21 bits per heavy atom. The maximum absolute atomic E-state index is 12.4. The van der Waals surface area contributed by atoms with Gasteiger partial charge in [0.25, 0.3) is 11.8 Å². The predicted molar refractivity (Wildman–Crippen MR) is 109 cm³/mol. The molecule has 0 heterocycles. The summed E-state index contributed by atoms with van der Waals surface area (Å²) in [5, 5.41) is 0. The van der Waals surface area contributed by atoms with Crippen molar-refractivity contribution in [3.8, 4) is 11.5 Å². The van der Waals surface area contributed by atoms with Crippen molar-refractivity contribution in [2.75, 3.05) is 13.2 Å². The Hall–Kier alpha value is -3.02. The van der Waals surface area contributed by atoms with Gasteiger partial charge in [-0.25, -0.2) is 0 Å². The van der Waals surface area contributed by atoms with Gasteiger partial charge in [0, 0.05) is 5.56 Å². The third-order valence-electron chi connectivity index (χ3n) is 4.02. The fourth-order valence-electron chi connectivity index (χ4n) is 2.49. The molecule has 6 heteroatoms. The van der Waals surface area contributed by atoms with Crippen LogP contribution in [-0.4, -0.2) is 25.0 Å². The van der Waals surface area contributed by atoms with E-state index in [9.17, 15) is 9.59 Å². The first-order valence-corrected chi connectivity index (χ1v) is 9.71. The van der Waals surface area contributed by atoms with E-state index in [0.29, 0.717) is 30.1 Å². The second-order valence-electron chi connectivity index (χ2n) is 6.33. The largest absolute Gasteiger partial charge is 0.494 e. The first kappa shape index (κ1) is 21.3. The van der Waals surface area contributed by atoms with E-state index in [0.717, 1.165) is 31.4 Å². The highest BCUT2D eigenvalue weighted by Gasteiger charge is 2.13. The van der Waals surface area contributed by atoms with Gasteiger partial charge < -0.3 is 9.47 Å². The summed E-state index contributed by atoms with van der Waals surface area (Å²) in [5.74, 6) is 0.369. The van der Waals surface area contributed by atoms with E-state index in [4.69, 9.17) is 9.47 Å². The molecule has 0 spiro atoms. The molecule has 6 nitrogen and oxygen atoms in total. The monoisotopic (exact) mass is 384 g/mol. The van der Waals surface area contributed by atoms with Gasteiger partial charge in [0.2, 0.25) is 0 Å². The average Bonchev–Trinajstić information content (AvgIpc) is 2.74. The Balaban J connectivity index is 1.87. The molecule has 150 valence electrons. The van der Waals surface area contributed by atoms with Gasteiger partial charge in [-0.15, -0.1) is 0 Å². The molecule has 0 fully saturated rings. The van der Waals surface area contributed by atoms with Gasteiger partial charge in [-0.1, -0.05) is 38.8 Å². The lowest BCUT2D eigenvalue weighted by molar-refractivity contribution is 0.0844. The Labute approximate surface area is 166 Å². The Morgan fingerprint density at radius 1 is 0.786 bits per heavy atom. The first-order valence-electron chi connectivity index (χ1n) is 9.71. The minimum absolute atomic E-state index is 0.368. The number of hydrazine groups is 1. The number of rotatable bonds is 10. The molecule has 0 saturated carbocycles. The summed E-state index contributed by atoms with van der Waals surface area (Å²) in [6.45, 7) is 5.31. The van der Waals surface area contributed by atoms with Crippen molar-refractivity contribution in [2.45, 2.75) is 39.5 Å². The molecule has 0 aliphatic carbocycles. The number of unbranched alkanes of at least 4 members (excludes halogenated alkanes) is 2. The third kappa shape index (κ3) is 6.61. The summed E-state index contributed by atoms with van der Waals surface area (Å²) in [5.41, 5.74) is 5.65. The first-order chi connectivity index (χ1) is 13.7. The predicted octanol–water partition coefficient (Wildman–Crippen LogP) is 4.12. The average molecular weight is 384 g/mol. The van der Waals surface area contributed by atoms with Crippen molar-refractivity contribution in [3.05, 3.63) is 59.7 Å². The van der Waals surface area contributed by atoms with E-state index in [1.54, 1.807) is 48.5 Å². The second-order valence-corrected chi connectivity index (χ2v) is 6.33. The molecular formula is C22H28N2O4. The highest BCUT2D eigenvalue weighted by Crippen LogP contribution is 2.18. The number of carbonyl (C=O) groups excluding carboxylic acids is 2. The van der Waals surface area contributed by atoms with Crippen molar-refractivity contribution in [1.82, 2.24) is 10.9 Å². The van der Waals surface area contributed by atoms with Gasteiger partial charge in [0.05, 0.1) is 18.8 Å². The molecule has 0 saturated heterocycles. The van der Waals surface area contributed by atoms with Crippen LogP contribution in [0.3, 0.4) is 0 Å². The van der Waals surface area contributed by atoms with Crippen LogP contribution in [0.25, 0.3) is 0 Å². The van der Waals surface area contributed by atoms with Gasteiger partial charge in [-0.2, -0.15) is 0 Å². The summed E-state index contributed by atoms with van der Waals surface area (Å²) in [7, 11) is 0. The number of hydrogen-bond acceptors (Lipinski definition) is 4. The molecule has 0 aliphatic rings. The van der Waals surface area contributed by atoms with Crippen LogP contribution < -0.4 is 20.3 Å².